The number of fused-ring (bicyclic) bond motifs is 1. The lowest BCUT2D eigenvalue weighted by Gasteiger charge is -2.05. The normalized spacial score (nSPS) is 10.7. The highest BCUT2D eigenvalue weighted by atomic mass is 16.5. The molecule has 0 atom stereocenters. The first-order valence-corrected chi connectivity index (χ1v) is 5.74. The molecule has 0 aliphatic heterocycles. The summed E-state index contributed by atoms with van der Waals surface area (Å²) in [7, 11) is 0. The Labute approximate surface area is 99.8 Å². The third-order valence-corrected chi connectivity index (χ3v) is 2.70. The second kappa shape index (κ2) is 5.01. The second-order valence-corrected chi connectivity index (χ2v) is 3.80. The van der Waals surface area contributed by atoms with Gasteiger partial charge in [-0.25, -0.2) is 4.79 Å². The van der Waals surface area contributed by atoms with Crippen molar-refractivity contribution in [1.82, 2.24) is 4.98 Å². The van der Waals surface area contributed by atoms with Crippen LogP contribution in [0.3, 0.4) is 0 Å². The fraction of sp³-hybridized carbons (Fsp3) is 0.308. The van der Waals surface area contributed by atoms with Crippen molar-refractivity contribution >= 4 is 16.9 Å². The Morgan fingerprint density at radius 1 is 1.47 bits per heavy atom. The maximum Gasteiger partial charge on any atom is 0.338 e. The number of nitrogens with one attached hydrogen (secondary N) is 1. The zero-order chi connectivity index (χ0) is 12.3. The summed E-state index contributed by atoms with van der Waals surface area (Å²) in [6, 6.07) is 5.57. The molecule has 1 heterocycles. The summed E-state index contributed by atoms with van der Waals surface area (Å²) < 4.78 is 5.05. The van der Waals surface area contributed by atoms with Crippen LogP contribution in [0.15, 0.2) is 24.4 Å². The van der Waals surface area contributed by atoms with Crippen molar-refractivity contribution in [3.63, 3.8) is 0 Å². The summed E-state index contributed by atoms with van der Waals surface area (Å²) >= 11 is 0. The van der Waals surface area contributed by atoms with Crippen LogP contribution in [0.4, 0.5) is 0 Å². The first-order valence-electron chi connectivity index (χ1n) is 5.74. The molecule has 0 unspecified atom stereocenters. The Bertz CT molecular complexity index is 531. The molecule has 3 N–H and O–H groups in total. The number of carbonyl (C=O) groups is 1. The van der Waals surface area contributed by atoms with Crippen LogP contribution in [0.1, 0.15) is 22.8 Å². The number of hydrogen-bond donors (Lipinski definition) is 2. The smallest absolute Gasteiger partial charge is 0.338 e. The number of ether oxygens (including phenoxy) is 1. The highest BCUT2D eigenvalue weighted by Crippen LogP contribution is 2.23. The van der Waals surface area contributed by atoms with Crippen LogP contribution in [-0.2, 0) is 11.2 Å². The molecule has 0 saturated heterocycles. The van der Waals surface area contributed by atoms with E-state index in [1.54, 1.807) is 13.0 Å². The van der Waals surface area contributed by atoms with Gasteiger partial charge in [0.05, 0.1) is 12.2 Å². The van der Waals surface area contributed by atoms with Gasteiger partial charge in [-0.15, -0.1) is 0 Å². The molecule has 0 aliphatic carbocycles. The molecule has 4 nitrogen and oxygen atoms in total. The molecule has 0 fully saturated rings. The summed E-state index contributed by atoms with van der Waals surface area (Å²) in [6.45, 7) is 2.74. The number of benzene rings is 1. The minimum Gasteiger partial charge on any atom is -0.462 e. The number of carbonyl (C=O) groups excluding carboxylic acids is 1. The van der Waals surface area contributed by atoms with Gasteiger partial charge in [0.2, 0.25) is 0 Å². The molecular weight excluding hydrogens is 216 g/mol. The van der Waals surface area contributed by atoms with Crippen molar-refractivity contribution in [2.75, 3.05) is 13.2 Å². The lowest BCUT2D eigenvalue weighted by molar-refractivity contribution is 0.0528. The molecule has 0 bridgehead atoms. The van der Waals surface area contributed by atoms with E-state index in [0.717, 1.165) is 22.9 Å². The molecule has 0 spiro atoms. The molecule has 4 heteroatoms. The molecule has 1 aromatic carbocycles. The number of hydrogen-bond acceptors (Lipinski definition) is 3. The Kier molecular flexibility index (Phi) is 3.44. The number of aromatic nitrogens is 1. The summed E-state index contributed by atoms with van der Waals surface area (Å²) in [5.41, 5.74) is 8.18. The predicted octanol–water partition coefficient (Wildman–Crippen LogP) is 1.85. The summed E-state index contributed by atoms with van der Waals surface area (Å²) in [5.74, 6) is -0.282. The van der Waals surface area contributed by atoms with Gasteiger partial charge < -0.3 is 15.5 Å². The van der Waals surface area contributed by atoms with Crippen LogP contribution in [0.2, 0.25) is 0 Å². The van der Waals surface area contributed by atoms with Gasteiger partial charge in [-0.1, -0.05) is 6.07 Å². The molecule has 0 amide bonds. The van der Waals surface area contributed by atoms with Crippen molar-refractivity contribution < 1.29 is 9.53 Å². The first kappa shape index (κ1) is 11.7. The maximum absolute atomic E-state index is 11.8. The van der Waals surface area contributed by atoms with Gasteiger partial charge in [0, 0.05) is 17.1 Å². The highest BCUT2D eigenvalue weighted by molar-refractivity contribution is 6.05. The van der Waals surface area contributed by atoms with Crippen molar-refractivity contribution in [2.24, 2.45) is 5.73 Å². The lowest BCUT2D eigenvalue weighted by Crippen LogP contribution is -2.07. The monoisotopic (exact) mass is 232 g/mol. The predicted molar refractivity (Wildman–Crippen MR) is 67.0 cm³/mol. The van der Waals surface area contributed by atoms with E-state index in [1.165, 1.54) is 0 Å². The van der Waals surface area contributed by atoms with E-state index in [0.29, 0.717) is 18.7 Å². The Morgan fingerprint density at radius 3 is 3.00 bits per heavy atom. The molecule has 2 aromatic rings. The number of rotatable bonds is 4. The van der Waals surface area contributed by atoms with E-state index in [9.17, 15) is 4.79 Å². The zero-order valence-electron chi connectivity index (χ0n) is 9.82. The Morgan fingerprint density at radius 2 is 2.29 bits per heavy atom. The summed E-state index contributed by atoms with van der Waals surface area (Å²) in [4.78, 5) is 15.0. The van der Waals surface area contributed by atoms with Crippen LogP contribution in [-0.4, -0.2) is 24.1 Å². The first-order chi connectivity index (χ1) is 8.27. The molecule has 0 radical (unpaired) electrons. The van der Waals surface area contributed by atoms with Gasteiger partial charge in [0.25, 0.3) is 0 Å². The van der Waals surface area contributed by atoms with Gasteiger partial charge in [0.15, 0.2) is 0 Å². The number of aromatic amines is 1. The van der Waals surface area contributed by atoms with Crippen LogP contribution >= 0.6 is 0 Å². The topological polar surface area (TPSA) is 68.1 Å². The average molecular weight is 232 g/mol. The van der Waals surface area contributed by atoms with Gasteiger partial charge in [-0.3, -0.25) is 0 Å². The highest BCUT2D eigenvalue weighted by Gasteiger charge is 2.14. The van der Waals surface area contributed by atoms with Crippen LogP contribution < -0.4 is 5.73 Å². The van der Waals surface area contributed by atoms with Crippen molar-refractivity contribution in [2.45, 2.75) is 13.3 Å². The number of H-pyrrole nitrogens is 1. The van der Waals surface area contributed by atoms with E-state index in [1.807, 2.05) is 18.3 Å². The van der Waals surface area contributed by atoms with E-state index >= 15 is 0 Å². The fourth-order valence-corrected chi connectivity index (χ4v) is 1.99. The van der Waals surface area contributed by atoms with Crippen LogP contribution in [0, 0.1) is 0 Å². The minimum atomic E-state index is -0.282. The fourth-order valence-electron chi connectivity index (χ4n) is 1.99. The average Bonchev–Trinajstić information content (AvgIpc) is 2.73. The molecule has 90 valence electrons. The minimum absolute atomic E-state index is 0.282. The standard InChI is InChI=1S/C13H16N2O2/c1-2-17-13(16)10-4-3-5-11-12(10)9(6-7-14)8-15-11/h3-5,8,15H,2,6-7,14H2,1H3. The van der Waals surface area contributed by atoms with E-state index < -0.39 is 0 Å². The van der Waals surface area contributed by atoms with Crippen molar-refractivity contribution in [3.8, 4) is 0 Å². The SMILES string of the molecule is CCOC(=O)c1cccc2[nH]cc(CCN)c12. The van der Waals surface area contributed by atoms with Gasteiger partial charge in [0.1, 0.15) is 0 Å². The van der Waals surface area contributed by atoms with Gasteiger partial charge in [-0.05, 0) is 37.6 Å². The van der Waals surface area contributed by atoms with Crippen LogP contribution in [0.25, 0.3) is 10.9 Å². The molecule has 2 rings (SSSR count). The Hall–Kier alpha value is -1.81. The molecule has 17 heavy (non-hydrogen) atoms. The second-order valence-electron chi connectivity index (χ2n) is 3.80. The summed E-state index contributed by atoms with van der Waals surface area (Å²) in [6.07, 6.45) is 2.65. The Balaban J connectivity index is 2.53. The van der Waals surface area contributed by atoms with Gasteiger partial charge in [-0.2, -0.15) is 0 Å². The van der Waals surface area contributed by atoms with E-state index in [4.69, 9.17) is 10.5 Å². The van der Waals surface area contributed by atoms with Gasteiger partial charge >= 0.3 is 5.97 Å². The summed E-state index contributed by atoms with van der Waals surface area (Å²) in [5, 5.41) is 0.927. The molecule has 0 saturated carbocycles. The van der Waals surface area contributed by atoms with Crippen molar-refractivity contribution in [3.05, 3.63) is 35.5 Å². The van der Waals surface area contributed by atoms with E-state index in [-0.39, 0.29) is 5.97 Å². The molecule has 0 aliphatic rings. The quantitative estimate of drug-likeness (QED) is 0.790. The third kappa shape index (κ3) is 2.17. The largest absolute Gasteiger partial charge is 0.462 e. The molecule has 1 aromatic heterocycles. The van der Waals surface area contributed by atoms with Crippen LogP contribution in [0.5, 0.6) is 0 Å². The number of nitrogens with two attached hydrogens (primary N) is 1. The van der Waals surface area contributed by atoms with E-state index in [2.05, 4.69) is 4.98 Å². The van der Waals surface area contributed by atoms with Crippen molar-refractivity contribution in [1.29, 1.82) is 0 Å². The number of esters is 1. The zero-order valence-corrected chi connectivity index (χ0v) is 9.82. The molecular formula is C13H16N2O2. The lowest BCUT2D eigenvalue weighted by atomic mass is 10.0. The third-order valence-electron chi connectivity index (χ3n) is 2.70. The maximum atomic E-state index is 11.8.